The minimum absolute atomic E-state index is 0.0820. The van der Waals surface area contributed by atoms with Gasteiger partial charge in [0.1, 0.15) is 17.3 Å². The first-order chi connectivity index (χ1) is 14.9. The van der Waals surface area contributed by atoms with Crippen LogP contribution in [0.2, 0.25) is 0 Å². The summed E-state index contributed by atoms with van der Waals surface area (Å²) in [4.78, 5) is 35.4. The largest absolute Gasteiger partial charge is 0.496 e. The predicted molar refractivity (Wildman–Crippen MR) is 111 cm³/mol. The Morgan fingerprint density at radius 3 is 2.52 bits per heavy atom. The Kier molecular flexibility index (Phi) is 6.51. The minimum atomic E-state index is -0.918. The molecule has 0 amide bonds. The van der Waals surface area contributed by atoms with Crippen LogP contribution in [0.25, 0.3) is 6.08 Å². The van der Waals surface area contributed by atoms with Gasteiger partial charge in [-0.2, -0.15) is 0 Å². The van der Waals surface area contributed by atoms with Gasteiger partial charge in [-0.3, -0.25) is 14.9 Å². The number of benzene rings is 3. The average Bonchev–Trinajstić information content (AvgIpc) is 2.78. The SMILES string of the molecule is COc1ccccc1C=CC(=O)c1cc(F)ccc1OC(=O)c1cccc([N+](=O)[O-])c1. The van der Waals surface area contributed by atoms with E-state index in [2.05, 4.69) is 0 Å². The molecule has 0 radical (unpaired) electrons. The van der Waals surface area contributed by atoms with Gasteiger partial charge in [0.15, 0.2) is 5.78 Å². The highest BCUT2D eigenvalue weighted by Gasteiger charge is 2.18. The first-order valence-corrected chi connectivity index (χ1v) is 9.00. The number of para-hydroxylation sites is 1. The van der Waals surface area contributed by atoms with Gasteiger partial charge < -0.3 is 9.47 Å². The van der Waals surface area contributed by atoms with Crippen molar-refractivity contribution in [1.82, 2.24) is 0 Å². The molecule has 7 nitrogen and oxygen atoms in total. The predicted octanol–water partition coefficient (Wildman–Crippen LogP) is 4.86. The van der Waals surface area contributed by atoms with Gasteiger partial charge in [0, 0.05) is 17.7 Å². The number of ether oxygens (including phenoxy) is 2. The molecule has 0 spiro atoms. The molecule has 0 aromatic heterocycles. The first kappa shape index (κ1) is 21.4. The van der Waals surface area contributed by atoms with Gasteiger partial charge in [0.25, 0.3) is 5.69 Å². The topological polar surface area (TPSA) is 95.7 Å². The lowest BCUT2D eigenvalue weighted by molar-refractivity contribution is -0.384. The molecule has 3 rings (SSSR count). The van der Waals surface area contributed by atoms with Crippen molar-refractivity contribution in [3.8, 4) is 11.5 Å². The van der Waals surface area contributed by atoms with E-state index in [4.69, 9.17) is 9.47 Å². The molecule has 156 valence electrons. The molecule has 3 aromatic carbocycles. The zero-order valence-electron chi connectivity index (χ0n) is 16.3. The molecule has 0 heterocycles. The van der Waals surface area contributed by atoms with Crippen molar-refractivity contribution in [3.05, 3.63) is 105 Å². The van der Waals surface area contributed by atoms with E-state index in [9.17, 15) is 24.1 Å². The molecule has 0 aliphatic rings. The van der Waals surface area contributed by atoms with Crippen LogP contribution in [0.4, 0.5) is 10.1 Å². The molecular formula is C23H16FNO6. The summed E-state index contributed by atoms with van der Waals surface area (Å²) in [6.07, 6.45) is 2.70. The Morgan fingerprint density at radius 2 is 1.77 bits per heavy atom. The highest BCUT2D eigenvalue weighted by Crippen LogP contribution is 2.24. The zero-order valence-corrected chi connectivity index (χ0v) is 16.3. The standard InChI is InChI=1S/C23H16FNO6/c1-30-21-8-3-2-5-15(21)9-11-20(26)19-14-17(24)10-12-22(19)31-23(27)16-6-4-7-18(13-16)25(28)29/h2-14H,1H3. The summed E-state index contributed by atoms with van der Waals surface area (Å²) in [5.74, 6) is -1.84. The van der Waals surface area contributed by atoms with Crippen molar-refractivity contribution >= 4 is 23.5 Å². The van der Waals surface area contributed by atoms with Gasteiger partial charge in [-0.1, -0.05) is 24.3 Å². The smallest absolute Gasteiger partial charge is 0.343 e. The number of non-ortho nitro benzene ring substituents is 1. The van der Waals surface area contributed by atoms with E-state index in [1.807, 2.05) is 0 Å². The fraction of sp³-hybridized carbons (Fsp3) is 0.0435. The van der Waals surface area contributed by atoms with Crippen molar-refractivity contribution in [3.63, 3.8) is 0 Å². The van der Waals surface area contributed by atoms with Crippen LogP contribution >= 0.6 is 0 Å². The number of nitro groups is 1. The molecule has 0 aliphatic carbocycles. The van der Waals surface area contributed by atoms with Crippen LogP contribution < -0.4 is 9.47 Å². The lowest BCUT2D eigenvalue weighted by Crippen LogP contribution is -2.11. The number of halogens is 1. The normalized spacial score (nSPS) is 10.6. The maximum Gasteiger partial charge on any atom is 0.343 e. The van der Waals surface area contributed by atoms with Gasteiger partial charge in [-0.15, -0.1) is 0 Å². The number of nitro benzene ring substituents is 1. The maximum atomic E-state index is 13.8. The molecule has 0 atom stereocenters. The quantitative estimate of drug-likeness (QED) is 0.135. The number of esters is 1. The van der Waals surface area contributed by atoms with Crippen LogP contribution in [0.5, 0.6) is 11.5 Å². The molecule has 8 heteroatoms. The van der Waals surface area contributed by atoms with E-state index in [1.165, 1.54) is 37.5 Å². The van der Waals surface area contributed by atoms with Crippen molar-refractivity contribution in [2.24, 2.45) is 0 Å². The summed E-state index contributed by atoms with van der Waals surface area (Å²) in [6.45, 7) is 0. The van der Waals surface area contributed by atoms with E-state index in [-0.39, 0.29) is 22.6 Å². The van der Waals surface area contributed by atoms with Crippen LogP contribution in [-0.4, -0.2) is 23.8 Å². The second-order valence-corrected chi connectivity index (χ2v) is 6.28. The van der Waals surface area contributed by atoms with Gasteiger partial charge in [-0.25, -0.2) is 9.18 Å². The summed E-state index contributed by atoms with van der Waals surface area (Å²) in [5.41, 5.74) is 0.0842. The average molecular weight is 421 g/mol. The highest BCUT2D eigenvalue weighted by atomic mass is 19.1. The number of nitrogens with zero attached hydrogens (tertiary/aromatic N) is 1. The second kappa shape index (κ2) is 9.45. The minimum Gasteiger partial charge on any atom is -0.496 e. The summed E-state index contributed by atoms with van der Waals surface area (Å²) in [6, 6.07) is 15.1. The number of allylic oxidation sites excluding steroid dienone is 1. The van der Waals surface area contributed by atoms with E-state index in [0.29, 0.717) is 11.3 Å². The second-order valence-electron chi connectivity index (χ2n) is 6.28. The third-order valence-electron chi connectivity index (χ3n) is 4.26. The monoisotopic (exact) mass is 421 g/mol. The molecule has 0 bridgehead atoms. The molecule has 0 saturated carbocycles. The molecule has 0 fully saturated rings. The molecule has 31 heavy (non-hydrogen) atoms. The molecule has 0 saturated heterocycles. The van der Waals surface area contributed by atoms with Crippen molar-refractivity contribution in [1.29, 1.82) is 0 Å². The van der Waals surface area contributed by atoms with Gasteiger partial charge in [-0.05, 0) is 42.5 Å². The number of ketones is 1. The number of hydrogen-bond donors (Lipinski definition) is 0. The van der Waals surface area contributed by atoms with Crippen molar-refractivity contribution < 1.29 is 28.4 Å². The van der Waals surface area contributed by atoms with Gasteiger partial charge >= 0.3 is 5.97 Å². The molecule has 3 aromatic rings. The summed E-state index contributed by atoms with van der Waals surface area (Å²) in [7, 11) is 1.49. The summed E-state index contributed by atoms with van der Waals surface area (Å²) >= 11 is 0. The third-order valence-corrected chi connectivity index (χ3v) is 4.26. The summed E-state index contributed by atoms with van der Waals surface area (Å²) in [5, 5.41) is 10.9. The lowest BCUT2D eigenvalue weighted by Gasteiger charge is -2.09. The van der Waals surface area contributed by atoms with E-state index >= 15 is 0 Å². The Balaban J connectivity index is 1.87. The number of rotatable bonds is 7. The Labute approximate surface area is 176 Å². The van der Waals surface area contributed by atoms with Crippen molar-refractivity contribution in [2.45, 2.75) is 0 Å². The fourth-order valence-electron chi connectivity index (χ4n) is 2.75. The Morgan fingerprint density at radius 1 is 1.00 bits per heavy atom. The summed E-state index contributed by atoms with van der Waals surface area (Å²) < 4.78 is 24.2. The van der Waals surface area contributed by atoms with E-state index < -0.39 is 22.5 Å². The number of methoxy groups -OCH3 is 1. The van der Waals surface area contributed by atoms with Crippen LogP contribution in [0.15, 0.2) is 72.8 Å². The van der Waals surface area contributed by atoms with Gasteiger partial charge in [0.05, 0.1) is 23.2 Å². The number of carbonyl (C=O) groups excluding carboxylic acids is 2. The fourth-order valence-corrected chi connectivity index (χ4v) is 2.75. The van der Waals surface area contributed by atoms with Crippen LogP contribution in [0.1, 0.15) is 26.3 Å². The van der Waals surface area contributed by atoms with Crippen LogP contribution in [0.3, 0.4) is 0 Å². The molecule has 0 N–H and O–H groups in total. The van der Waals surface area contributed by atoms with E-state index in [1.54, 1.807) is 24.3 Å². The number of carbonyl (C=O) groups is 2. The molecular weight excluding hydrogens is 405 g/mol. The Bertz CT molecular complexity index is 1190. The van der Waals surface area contributed by atoms with Gasteiger partial charge in [0.2, 0.25) is 0 Å². The highest BCUT2D eigenvalue weighted by molar-refractivity contribution is 6.09. The van der Waals surface area contributed by atoms with Crippen LogP contribution in [0, 0.1) is 15.9 Å². The first-order valence-electron chi connectivity index (χ1n) is 9.00. The maximum absolute atomic E-state index is 13.8. The zero-order chi connectivity index (χ0) is 22.4. The van der Waals surface area contributed by atoms with Crippen molar-refractivity contribution in [2.75, 3.05) is 7.11 Å². The number of hydrogen-bond acceptors (Lipinski definition) is 6. The van der Waals surface area contributed by atoms with Crippen LogP contribution in [-0.2, 0) is 0 Å². The Hall–Kier alpha value is -4.33. The van der Waals surface area contributed by atoms with E-state index in [0.717, 1.165) is 24.3 Å². The molecule has 0 unspecified atom stereocenters. The lowest BCUT2D eigenvalue weighted by atomic mass is 10.1. The molecule has 0 aliphatic heterocycles. The third kappa shape index (κ3) is 5.18.